The minimum absolute atomic E-state index is 0.0748. The standard InChI is InChI=1S/C20H15F2N5O/c21-15-3-1-2-4-16(15)25-20(28)24-12-7-5-11(6-8-12)13-9-10-14-18(17(13)22)26-27-19(14)23/h1-10H,(H3,23,26,27)(H2,24,25,28). The van der Waals surface area contributed by atoms with Crippen LogP contribution in [0.4, 0.5) is 30.8 Å². The monoisotopic (exact) mass is 379 g/mol. The number of benzene rings is 3. The number of halogens is 2. The predicted molar refractivity (Wildman–Crippen MR) is 105 cm³/mol. The predicted octanol–water partition coefficient (Wildman–Crippen LogP) is 4.73. The summed E-state index contributed by atoms with van der Waals surface area (Å²) in [5.74, 6) is -0.751. The lowest BCUT2D eigenvalue weighted by atomic mass is 10.0. The van der Waals surface area contributed by atoms with Gasteiger partial charge in [0.05, 0.1) is 5.69 Å². The molecule has 1 heterocycles. The normalized spacial score (nSPS) is 10.8. The molecule has 0 aliphatic carbocycles. The van der Waals surface area contributed by atoms with Crippen LogP contribution in [0.1, 0.15) is 0 Å². The summed E-state index contributed by atoms with van der Waals surface area (Å²) in [4.78, 5) is 12.0. The van der Waals surface area contributed by atoms with Crippen molar-refractivity contribution in [2.75, 3.05) is 16.4 Å². The second kappa shape index (κ2) is 6.99. The largest absolute Gasteiger partial charge is 0.382 e. The van der Waals surface area contributed by atoms with Crippen molar-refractivity contribution in [3.05, 3.63) is 72.3 Å². The second-order valence-corrected chi connectivity index (χ2v) is 6.09. The number of urea groups is 1. The fraction of sp³-hybridized carbons (Fsp3) is 0. The quantitative estimate of drug-likeness (QED) is 0.414. The molecular formula is C20H15F2N5O. The second-order valence-electron chi connectivity index (χ2n) is 6.09. The van der Waals surface area contributed by atoms with Crippen molar-refractivity contribution < 1.29 is 13.6 Å². The molecule has 6 nitrogen and oxygen atoms in total. The fourth-order valence-electron chi connectivity index (χ4n) is 2.88. The van der Waals surface area contributed by atoms with Gasteiger partial charge < -0.3 is 16.4 Å². The summed E-state index contributed by atoms with van der Waals surface area (Å²) >= 11 is 0. The number of anilines is 3. The number of nitrogens with two attached hydrogens (primary N) is 1. The molecule has 28 heavy (non-hydrogen) atoms. The Labute approximate surface area is 158 Å². The number of aromatic nitrogens is 2. The van der Waals surface area contributed by atoms with E-state index < -0.39 is 17.7 Å². The maximum atomic E-state index is 14.7. The number of aromatic amines is 1. The van der Waals surface area contributed by atoms with Crippen molar-refractivity contribution in [3.8, 4) is 11.1 Å². The van der Waals surface area contributed by atoms with E-state index in [1.54, 1.807) is 42.5 Å². The Morgan fingerprint density at radius 1 is 0.964 bits per heavy atom. The van der Waals surface area contributed by atoms with Crippen molar-refractivity contribution >= 4 is 34.1 Å². The number of para-hydroxylation sites is 1. The van der Waals surface area contributed by atoms with Crippen LogP contribution in [0.5, 0.6) is 0 Å². The van der Waals surface area contributed by atoms with Crippen LogP contribution in [0.15, 0.2) is 60.7 Å². The summed E-state index contributed by atoms with van der Waals surface area (Å²) < 4.78 is 28.3. The summed E-state index contributed by atoms with van der Waals surface area (Å²) in [5.41, 5.74) is 7.47. The van der Waals surface area contributed by atoms with Crippen LogP contribution in [0.2, 0.25) is 0 Å². The van der Waals surface area contributed by atoms with Gasteiger partial charge in [-0.05, 0) is 35.9 Å². The lowest BCUT2D eigenvalue weighted by Crippen LogP contribution is -2.20. The van der Waals surface area contributed by atoms with E-state index in [1.807, 2.05) is 0 Å². The highest BCUT2D eigenvalue weighted by Gasteiger charge is 2.13. The molecule has 0 aliphatic heterocycles. The third-order valence-electron chi connectivity index (χ3n) is 4.28. The smallest absolute Gasteiger partial charge is 0.323 e. The molecule has 4 rings (SSSR count). The zero-order chi connectivity index (χ0) is 19.7. The number of hydrogen-bond acceptors (Lipinski definition) is 3. The van der Waals surface area contributed by atoms with Gasteiger partial charge in [0, 0.05) is 16.6 Å². The van der Waals surface area contributed by atoms with E-state index in [1.165, 1.54) is 18.2 Å². The van der Waals surface area contributed by atoms with Gasteiger partial charge in [0.2, 0.25) is 0 Å². The van der Waals surface area contributed by atoms with Crippen LogP contribution in [0.3, 0.4) is 0 Å². The number of nitrogens with one attached hydrogen (secondary N) is 3. The number of H-pyrrole nitrogens is 1. The molecule has 8 heteroatoms. The Kier molecular flexibility index (Phi) is 4.36. The lowest BCUT2D eigenvalue weighted by molar-refractivity contribution is 0.262. The number of hydrogen-bond donors (Lipinski definition) is 4. The zero-order valence-electron chi connectivity index (χ0n) is 14.5. The Bertz CT molecular complexity index is 1170. The molecule has 5 N–H and O–H groups in total. The first-order valence-electron chi connectivity index (χ1n) is 8.38. The first kappa shape index (κ1) is 17.5. The molecule has 0 spiro atoms. The number of amides is 2. The van der Waals surface area contributed by atoms with Crippen LogP contribution in [-0.4, -0.2) is 16.2 Å². The third kappa shape index (κ3) is 3.23. The molecule has 0 bridgehead atoms. The number of fused-ring (bicyclic) bond motifs is 1. The van der Waals surface area contributed by atoms with Crippen molar-refractivity contribution in [1.82, 2.24) is 10.2 Å². The number of carbonyl (C=O) groups is 1. The first-order chi connectivity index (χ1) is 13.5. The van der Waals surface area contributed by atoms with E-state index in [-0.39, 0.29) is 17.0 Å². The highest BCUT2D eigenvalue weighted by atomic mass is 19.1. The Morgan fingerprint density at radius 3 is 2.46 bits per heavy atom. The minimum atomic E-state index is -0.585. The molecule has 0 aliphatic rings. The van der Waals surface area contributed by atoms with Crippen LogP contribution >= 0.6 is 0 Å². The van der Waals surface area contributed by atoms with Crippen LogP contribution in [0, 0.1) is 11.6 Å². The minimum Gasteiger partial charge on any atom is -0.382 e. The van der Waals surface area contributed by atoms with E-state index in [9.17, 15) is 13.6 Å². The highest BCUT2D eigenvalue weighted by molar-refractivity contribution is 6.00. The molecule has 4 aromatic rings. The molecular weight excluding hydrogens is 364 g/mol. The van der Waals surface area contributed by atoms with E-state index in [4.69, 9.17) is 5.73 Å². The van der Waals surface area contributed by atoms with Gasteiger partial charge in [-0.3, -0.25) is 5.10 Å². The molecule has 0 saturated carbocycles. The van der Waals surface area contributed by atoms with Gasteiger partial charge in [-0.15, -0.1) is 0 Å². The van der Waals surface area contributed by atoms with Gasteiger partial charge in [0.1, 0.15) is 11.3 Å². The van der Waals surface area contributed by atoms with Crippen molar-refractivity contribution in [2.45, 2.75) is 0 Å². The average Bonchev–Trinajstić information content (AvgIpc) is 3.07. The van der Waals surface area contributed by atoms with Crippen molar-refractivity contribution in [1.29, 1.82) is 0 Å². The summed E-state index contributed by atoms with van der Waals surface area (Å²) in [6, 6.07) is 15.2. The van der Waals surface area contributed by atoms with Crippen LogP contribution in [0.25, 0.3) is 22.0 Å². The number of carbonyl (C=O) groups excluding carboxylic acids is 1. The van der Waals surface area contributed by atoms with E-state index in [2.05, 4.69) is 20.8 Å². The molecule has 0 saturated heterocycles. The topological polar surface area (TPSA) is 95.8 Å². The fourth-order valence-corrected chi connectivity index (χ4v) is 2.88. The summed E-state index contributed by atoms with van der Waals surface area (Å²) in [6.45, 7) is 0. The molecule has 0 fully saturated rings. The Balaban J connectivity index is 1.52. The summed E-state index contributed by atoms with van der Waals surface area (Å²) in [7, 11) is 0. The zero-order valence-corrected chi connectivity index (χ0v) is 14.5. The Morgan fingerprint density at radius 2 is 1.71 bits per heavy atom. The van der Waals surface area contributed by atoms with Gasteiger partial charge in [-0.2, -0.15) is 5.10 Å². The maximum Gasteiger partial charge on any atom is 0.323 e. The molecule has 0 unspecified atom stereocenters. The average molecular weight is 379 g/mol. The molecule has 2 amide bonds. The number of nitrogen functional groups attached to an aromatic ring is 1. The molecule has 140 valence electrons. The SMILES string of the molecule is Nc1n[nH]c2c(F)c(-c3ccc(NC(=O)Nc4ccccc4F)cc3)ccc12. The Hall–Kier alpha value is -3.94. The van der Waals surface area contributed by atoms with Crippen molar-refractivity contribution in [2.24, 2.45) is 0 Å². The number of rotatable bonds is 3. The van der Waals surface area contributed by atoms with E-state index in [0.29, 0.717) is 22.2 Å². The van der Waals surface area contributed by atoms with Crippen molar-refractivity contribution in [3.63, 3.8) is 0 Å². The van der Waals surface area contributed by atoms with Gasteiger partial charge in [0.15, 0.2) is 11.6 Å². The maximum absolute atomic E-state index is 14.7. The van der Waals surface area contributed by atoms with Gasteiger partial charge in [0.25, 0.3) is 0 Å². The number of nitrogens with zero attached hydrogens (tertiary/aromatic N) is 1. The van der Waals surface area contributed by atoms with Crippen LogP contribution < -0.4 is 16.4 Å². The molecule has 3 aromatic carbocycles. The molecule has 1 aromatic heterocycles. The van der Waals surface area contributed by atoms with Gasteiger partial charge in [-0.25, -0.2) is 13.6 Å². The highest BCUT2D eigenvalue weighted by Crippen LogP contribution is 2.30. The van der Waals surface area contributed by atoms with E-state index in [0.717, 1.165) is 0 Å². The lowest BCUT2D eigenvalue weighted by Gasteiger charge is -2.09. The van der Waals surface area contributed by atoms with E-state index >= 15 is 0 Å². The first-order valence-corrected chi connectivity index (χ1v) is 8.38. The molecule has 0 radical (unpaired) electrons. The van der Waals surface area contributed by atoms with Gasteiger partial charge >= 0.3 is 6.03 Å². The third-order valence-corrected chi connectivity index (χ3v) is 4.28. The van der Waals surface area contributed by atoms with Crippen LogP contribution in [-0.2, 0) is 0 Å². The summed E-state index contributed by atoms with van der Waals surface area (Å²) in [6.07, 6.45) is 0. The summed E-state index contributed by atoms with van der Waals surface area (Å²) in [5, 5.41) is 11.9. The van der Waals surface area contributed by atoms with Gasteiger partial charge in [-0.1, -0.05) is 30.3 Å². The molecule has 0 atom stereocenters.